The average molecular weight is 732 g/mol. The zero-order valence-corrected chi connectivity index (χ0v) is 31.8. The van der Waals surface area contributed by atoms with Crippen molar-refractivity contribution in [1.82, 2.24) is 35.1 Å². The summed E-state index contributed by atoms with van der Waals surface area (Å²) in [6.07, 6.45) is 3.44. The second-order valence-corrected chi connectivity index (χ2v) is 15.8. The van der Waals surface area contributed by atoms with Gasteiger partial charge in [-0.3, -0.25) is 9.69 Å². The van der Waals surface area contributed by atoms with Crippen LogP contribution in [0.4, 0.5) is 9.59 Å². The van der Waals surface area contributed by atoms with E-state index in [0.29, 0.717) is 18.9 Å². The number of alkyl carbamates (subject to hydrolysis) is 1. The topological polar surface area (TPSA) is 157 Å². The van der Waals surface area contributed by atoms with E-state index in [0.717, 1.165) is 76.1 Å². The zero-order chi connectivity index (χ0) is 38.4. The van der Waals surface area contributed by atoms with Crippen LogP contribution in [0, 0.1) is 11.3 Å². The van der Waals surface area contributed by atoms with Gasteiger partial charge >= 0.3 is 12.2 Å². The molecule has 3 unspecified atom stereocenters. The van der Waals surface area contributed by atoms with E-state index < -0.39 is 23.8 Å². The van der Waals surface area contributed by atoms with Crippen molar-refractivity contribution in [1.29, 1.82) is 0 Å². The molecule has 3 atom stereocenters. The maximum atomic E-state index is 13.5. The van der Waals surface area contributed by atoms with Gasteiger partial charge in [0.15, 0.2) is 0 Å². The summed E-state index contributed by atoms with van der Waals surface area (Å²) in [4.78, 5) is 57.7. The highest BCUT2D eigenvalue weighted by Gasteiger charge is 2.55. The van der Waals surface area contributed by atoms with Crippen molar-refractivity contribution in [2.75, 3.05) is 20.2 Å². The first kappa shape index (κ1) is 36.7. The number of ether oxygens (including phenoxy) is 1. The van der Waals surface area contributed by atoms with Crippen LogP contribution in [0.15, 0.2) is 72.9 Å². The van der Waals surface area contributed by atoms with Crippen LogP contribution in [0.2, 0.25) is 0 Å². The second-order valence-electron chi connectivity index (χ2n) is 15.8. The number of H-pyrrole nitrogens is 2. The molecule has 4 heterocycles. The number of likely N-dealkylation sites (tertiary alicyclic amines) is 2. The van der Waals surface area contributed by atoms with Gasteiger partial charge in [0.05, 0.1) is 36.1 Å². The number of rotatable bonds is 8. The molecule has 2 aliphatic rings. The highest BCUT2D eigenvalue weighted by Crippen LogP contribution is 2.50. The van der Waals surface area contributed by atoms with Crippen LogP contribution in [0.3, 0.4) is 0 Å². The highest BCUT2D eigenvalue weighted by atomic mass is 16.5. The van der Waals surface area contributed by atoms with Crippen molar-refractivity contribution in [2.24, 2.45) is 11.3 Å². The van der Waals surface area contributed by atoms with Gasteiger partial charge in [-0.15, -0.1) is 0 Å². The van der Waals surface area contributed by atoms with Crippen LogP contribution < -0.4 is 5.32 Å². The lowest BCUT2D eigenvalue weighted by Gasteiger charge is -2.45. The first-order chi connectivity index (χ1) is 25.8. The smallest absolute Gasteiger partial charge is 0.408 e. The molecule has 12 heteroatoms. The SMILES string of the molecule is COC(=O)NC(C(=O)N1CCCC1c1ncc(-c2ccc(-c3ccc(-c4ccc5nc(C6(C(C)(C)C)CCCN6C(=O)O)[nH]c5c4)cc3)cc2)[nH]1)C(C)C. The van der Waals surface area contributed by atoms with Gasteiger partial charge in [0.1, 0.15) is 23.2 Å². The fourth-order valence-corrected chi connectivity index (χ4v) is 8.39. The average Bonchev–Trinajstić information content (AvgIpc) is 3.98. The number of nitrogens with one attached hydrogen (secondary N) is 3. The molecule has 0 aliphatic carbocycles. The normalized spacial score (nSPS) is 19.4. The predicted molar refractivity (Wildman–Crippen MR) is 207 cm³/mol. The lowest BCUT2D eigenvalue weighted by atomic mass is 9.71. The zero-order valence-electron chi connectivity index (χ0n) is 31.8. The van der Waals surface area contributed by atoms with Crippen molar-refractivity contribution in [3.05, 3.63) is 84.6 Å². The summed E-state index contributed by atoms with van der Waals surface area (Å²) < 4.78 is 4.76. The molecule has 2 saturated heterocycles. The fourth-order valence-electron chi connectivity index (χ4n) is 8.39. The first-order valence-corrected chi connectivity index (χ1v) is 18.7. The van der Waals surface area contributed by atoms with Gasteiger partial charge in [0, 0.05) is 13.1 Å². The lowest BCUT2D eigenvalue weighted by Crippen LogP contribution is -2.53. The van der Waals surface area contributed by atoms with Gasteiger partial charge in [-0.1, -0.05) is 89.2 Å². The second kappa shape index (κ2) is 14.3. The molecule has 3 aromatic carbocycles. The number of aromatic nitrogens is 4. The fraction of sp³-hybridized carbons (Fsp3) is 0.405. The number of imidazole rings is 2. The standard InChI is InChI=1S/C42H49N7O5/c1-25(2)35(47-39(51)54-6)37(50)48-21-7-9-34(48)36-43-24-33(44-36)29-16-14-27(15-17-29)26-10-12-28(13-11-26)30-18-19-31-32(23-30)46-38(45-31)42(41(3,4)5)20-8-22-49(42)40(52)53/h10-19,23-25,34-35H,7-9,20-22H2,1-6H3,(H,43,44)(H,45,46)(H,47,51)(H,52,53). The molecule has 2 aliphatic heterocycles. The van der Waals surface area contributed by atoms with Crippen LogP contribution in [-0.2, 0) is 15.1 Å². The number of methoxy groups -OCH3 is 1. The Labute approximate surface area is 315 Å². The number of carboxylic acid groups (broad SMARTS) is 1. The van der Waals surface area contributed by atoms with Crippen molar-refractivity contribution < 1.29 is 24.2 Å². The predicted octanol–water partition coefficient (Wildman–Crippen LogP) is 8.35. The van der Waals surface area contributed by atoms with Crippen LogP contribution in [0.1, 0.15) is 78.0 Å². The van der Waals surface area contributed by atoms with Crippen molar-refractivity contribution in [2.45, 2.75) is 77.9 Å². The Kier molecular flexibility index (Phi) is 9.72. The molecule has 54 heavy (non-hydrogen) atoms. The third-order valence-electron chi connectivity index (χ3n) is 11.3. The molecule has 5 aromatic rings. The minimum absolute atomic E-state index is 0.0993. The van der Waals surface area contributed by atoms with E-state index in [4.69, 9.17) is 9.72 Å². The molecule has 12 nitrogen and oxygen atoms in total. The maximum Gasteiger partial charge on any atom is 0.408 e. The van der Waals surface area contributed by atoms with Gasteiger partial charge in [-0.25, -0.2) is 19.6 Å². The number of hydrogen-bond donors (Lipinski definition) is 4. The van der Waals surface area contributed by atoms with Gasteiger partial charge in [0.25, 0.3) is 0 Å². The Morgan fingerprint density at radius 3 is 2.15 bits per heavy atom. The number of hydrogen-bond acceptors (Lipinski definition) is 6. The van der Waals surface area contributed by atoms with Gasteiger partial charge in [-0.05, 0) is 77.0 Å². The molecule has 282 valence electrons. The number of aromatic amines is 2. The summed E-state index contributed by atoms with van der Waals surface area (Å²) in [7, 11) is 1.29. The number of carbonyl (C=O) groups is 3. The third-order valence-corrected chi connectivity index (χ3v) is 11.3. The minimum Gasteiger partial charge on any atom is -0.465 e. The Morgan fingerprint density at radius 2 is 1.54 bits per heavy atom. The Hall–Kier alpha value is -5.65. The summed E-state index contributed by atoms with van der Waals surface area (Å²) in [6, 6.07) is 22.0. The maximum absolute atomic E-state index is 13.5. The van der Waals surface area contributed by atoms with Crippen LogP contribution in [0.25, 0.3) is 44.5 Å². The van der Waals surface area contributed by atoms with E-state index in [-0.39, 0.29) is 23.3 Å². The monoisotopic (exact) mass is 731 g/mol. The van der Waals surface area contributed by atoms with Crippen molar-refractivity contribution in [3.8, 4) is 33.5 Å². The van der Waals surface area contributed by atoms with Crippen molar-refractivity contribution in [3.63, 3.8) is 0 Å². The molecule has 2 aromatic heterocycles. The molecular formula is C42H49N7O5. The molecule has 0 saturated carbocycles. The van der Waals surface area contributed by atoms with Gasteiger partial charge in [-0.2, -0.15) is 0 Å². The number of fused-ring (bicyclic) bond motifs is 1. The van der Waals surface area contributed by atoms with Crippen LogP contribution in [-0.4, -0.2) is 79.2 Å². The van der Waals surface area contributed by atoms with Crippen LogP contribution >= 0.6 is 0 Å². The summed E-state index contributed by atoms with van der Waals surface area (Å²) in [6.45, 7) is 11.2. The van der Waals surface area contributed by atoms with E-state index >= 15 is 0 Å². The lowest BCUT2D eigenvalue weighted by molar-refractivity contribution is -0.135. The minimum atomic E-state index is -0.914. The van der Waals surface area contributed by atoms with Gasteiger partial charge < -0.3 is 30.0 Å². The summed E-state index contributed by atoms with van der Waals surface area (Å²) >= 11 is 0. The molecule has 4 N–H and O–H groups in total. The van der Waals surface area contributed by atoms with E-state index in [1.807, 2.05) is 31.0 Å². The summed E-state index contributed by atoms with van der Waals surface area (Å²) in [5, 5.41) is 12.8. The van der Waals surface area contributed by atoms with E-state index in [2.05, 4.69) is 102 Å². The van der Waals surface area contributed by atoms with E-state index in [1.54, 1.807) is 4.90 Å². The quantitative estimate of drug-likeness (QED) is 0.125. The Balaban J connectivity index is 1.06. The first-order valence-electron chi connectivity index (χ1n) is 18.7. The molecule has 3 amide bonds. The van der Waals surface area contributed by atoms with Crippen LogP contribution in [0.5, 0.6) is 0 Å². The third kappa shape index (κ3) is 6.58. The highest BCUT2D eigenvalue weighted by molar-refractivity contribution is 5.86. The van der Waals surface area contributed by atoms with Crippen molar-refractivity contribution >= 4 is 29.1 Å². The number of nitrogens with zero attached hydrogens (tertiary/aromatic N) is 4. The molecule has 0 spiro atoms. The molecule has 7 rings (SSSR count). The number of benzene rings is 3. The van der Waals surface area contributed by atoms with Gasteiger partial charge in [0.2, 0.25) is 5.91 Å². The molecular weight excluding hydrogens is 683 g/mol. The Morgan fingerprint density at radius 1 is 0.907 bits per heavy atom. The number of amides is 3. The summed E-state index contributed by atoms with van der Waals surface area (Å²) in [5.74, 6) is 1.20. The Bertz CT molecular complexity index is 2170. The summed E-state index contributed by atoms with van der Waals surface area (Å²) in [5.41, 5.74) is 6.76. The molecule has 0 bridgehead atoms. The van der Waals surface area contributed by atoms with E-state index in [1.165, 1.54) is 7.11 Å². The largest absolute Gasteiger partial charge is 0.465 e. The molecule has 0 radical (unpaired) electrons. The molecule has 2 fully saturated rings. The number of carbonyl (C=O) groups excluding carboxylic acids is 2. The van der Waals surface area contributed by atoms with E-state index in [9.17, 15) is 19.5 Å².